The van der Waals surface area contributed by atoms with Gasteiger partial charge < -0.3 is 29.6 Å². The SMILES string of the molecule is COc1cc(/C=C(\C)C(=O)c2ccc(N)c(N(C)C)c2)c(OC)c(OC)c1OC. The Labute approximate surface area is 171 Å². The summed E-state index contributed by atoms with van der Waals surface area (Å²) in [6, 6.07) is 6.97. The van der Waals surface area contributed by atoms with Crippen LogP contribution in [0.2, 0.25) is 0 Å². The number of ether oxygens (including phenoxy) is 4. The number of nitrogens with two attached hydrogens (primary N) is 1. The largest absolute Gasteiger partial charge is 0.493 e. The molecule has 0 aliphatic heterocycles. The Balaban J connectivity index is 2.56. The van der Waals surface area contributed by atoms with E-state index in [-0.39, 0.29) is 5.78 Å². The Morgan fingerprint density at radius 2 is 1.55 bits per heavy atom. The first-order chi connectivity index (χ1) is 13.8. The Hall–Kier alpha value is -3.35. The van der Waals surface area contributed by atoms with E-state index in [2.05, 4.69) is 0 Å². The average molecular weight is 400 g/mol. The average Bonchev–Trinajstić information content (AvgIpc) is 2.71. The molecular weight excluding hydrogens is 372 g/mol. The van der Waals surface area contributed by atoms with Gasteiger partial charge in [0.05, 0.1) is 39.8 Å². The molecule has 0 saturated carbocycles. The second-order valence-electron chi connectivity index (χ2n) is 6.59. The number of carbonyl (C=O) groups is 1. The second-order valence-corrected chi connectivity index (χ2v) is 6.59. The lowest BCUT2D eigenvalue weighted by atomic mass is 10.00. The molecule has 0 unspecified atom stereocenters. The van der Waals surface area contributed by atoms with E-state index >= 15 is 0 Å². The summed E-state index contributed by atoms with van der Waals surface area (Å²) in [5, 5.41) is 0. The van der Waals surface area contributed by atoms with E-state index in [1.54, 1.807) is 37.3 Å². The van der Waals surface area contributed by atoms with Gasteiger partial charge in [-0.3, -0.25) is 4.79 Å². The summed E-state index contributed by atoms with van der Waals surface area (Å²) in [4.78, 5) is 14.9. The van der Waals surface area contributed by atoms with Crippen molar-refractivity contribution in [2.45, 2.75) is 6.92 Å². The fourth-order valence-corrected chi connectivity index (χ4v) is 3.07. The van der Waals surface area contributed by atoms with Crippen LogP contribution in [0.15, 0.2) is 29.8 Å². The van der Waals surface area contributed by atoms with Gasteiger partial charge in [-0.1, -0.05) is 0 Å². The van der Waals surface area contributed by atoms with Gasteiger partial charge >= 0.3 is 0 Å². The first-order valence-electron chi connectivity index (χ1n) is 8.95. The number of nitrogens with zero attached hydrogens (tertiary/aromatic N) is 1. The van der Waals surface area contributed by atoms with Gasteiger partial charge in [0, 0.05) is 25.2 Å². The summed E-state index contributed by atoms with van der Waals surface area (Å²) < 4.78 is 21.8. The highest BCUT2D eigenvalue weighted by Gasteiger charge is 2.21. The molecule has 0 aromatic heterocycles. The Kier molecular flexibility index (Phi) is 6.98. The maximum absolute atomic E-state index is 13.0. The molecule has 0 spiro atoms. The number of hydrogen-bond acceptors (Lipinski definition) is 7. The number of anilines is 2. The zero-order chi connectivity index (χ0) is 21.7. The summed E-state index contributed by atoms with van der Waals surface area (Å²) >= 11 is 0. The summed E-state index contributed by atoms with van der Waals surface area (Å²) in [6.07, 6.45) is 1.73. The number of carbonyl (C=O) groups excluding carboxylic acids is 1. The minimum absolute atomic E-state index is 0.121. The highest BCUT2D eigenvalue weighted by Crippen LogP contribution is 2.47. The van der Waals surface area contributed by atoms with Gasteiger partial charge in [-0.25, -0.2) is 0 Å². The molecule has 0 fully saturated rings. The maximum Gasteiger partial charge on any atom is 0.207 e. The molecule has 2 N–H and O–H groups in total. The maximum atomic E-state index is 13.0. The third kappa shape index (κ3) is 4.39. The molecule has 0 amide bonds. The zero-order valence-corrected chi connectivity index (χ0v) is 18.0. The topological polar surface area (TPSA) is 83.3 Å². The van der Waals surface area contributed by atoms with E-state index in [1.165, 1.54) is 28.4 Å². The van der Waals surface area contributed by atoms with Crippen molar-refractivity contribution in [3.63, 3.8) is 0 Å². The van der Waals surface area contributed by atoms with Crippen LogP contribution in [0.1, 0.15) is 22.8 Å². The van der Waals surface area contributed by atoms with E-state index in [1.807, 2.05) is 19.0 Å². The van der Waals surface area contributed by atoms with Crippen molar-refractivity contribution in [1.29, 1.82) is 0 Å². The van der Waals surface area contributed by atoms with Gasteiger partial charge in [0.25, 0.3) is 0 Å². The van der Waals surface area contributed by atoms with Gasteiger partial charge in [0.15, 0.2) is 17.3 Å². The zero-order valence-electron chi connectivity index (χ0n) is 18.0. The molecule has 0 bridgehead atoms. The van der Waals surface area contributed by atoms with Gasteiger partial charge in [-0.2, -0.15) is 0 Å². The molecule has 0 aliphatic carbocycles. The number of rotatable bonds is 8. The van der Waals surface area contributed by atoms with E-state index < -0.39 is 0 Å². The normalized spacial score (nSPS) is 11.1. The summed E-state index contributed by atoms with van der Waals surface area (Å²) in [6.45, 7) is 1.75. The van der Waals surface area contributed by atoms with Crippen LogP contribution in [-0.2, 0) is 0 Å². The Morgan fingerprint density at radius 3 is 2.07 bits per heavy atom. The van der Waals surface area contributed by atoms with Crippen LogP contribution in [0.4, 0.5) is 11.4 Å². The molecule has 2 rings (SSSR count). The van der Waals surface area contributed by atoms with Crippen molar-refractivity contribution in [3.8, 4) is 23.0 Å². The number of Topliss-reactive ketones (excluding diaryl/α,β-unsaturated/α-hetero) is 1. The molecule has 2 aromatic carbocycles. The molecular formula is C22H28N2O5. The second kappa shape index (κ2) is 9.23. The number of nitrogen functional groups attached to an aromatic ring is 1. The predicted octanol–water partition coefficient (Wildman–Crippen LogP) is 3.66. The third-order valence-electron chi connectivity index (χ3n) is 4.52. The molecule has 0 saturated heterocycles. The van der Waals surface area contributed by atoms with Crippen molar-refractivity contribution >= 4 is 23.2 Å². The molecule has 7 nitrogen and oxygen atoms in total. The van der Waals surface area contributed by atoms with Crippen molar-refractivity contribution in [1.82, 2.24) is 0 Å². The van der Waals surface area contributed by atoms with Crippen molar-refractivity contribution in [2.75, 3.05) is 53.2 Å². The molecule has 0 aliphatic rings. The van der Waals surface area contributed by atoms with Crippen LogP contribution in [0, 0.1) is 0 Å². The van der Waals surface area contributed by atoms with Gasteiger partial charge in [-0.15, -0.1) is 0 Å². The lowest BCUT2D eigenvalue weighted by Gasteiger charge is -2.18. The van der Waals surface area contributed by atoms with Crippen LogP contribution >= 0.6 is 0 Å². The van der Waals surface area contributed by atoms with E-state index in [9.17, 15) is 4.79 Å². The molecule has 2 aromatic rings. The molecule has 7 heteroatoms. The van der Waals surface area contributed by atoms with Crippen molar-refractivity contribution in [2.24, 2.45) is 0 Å². The predicted molar refractivity (Wildman–Crippen MR) is 116 cm³/mol. The van der Waals surface area contributed by atoms with Gasteiger partial charge in [0.2, 0.25) is 11.5 Å². The summed E-state index contributed by atoms with van der Waals surface area (Å²) in [5.41, 5.74) is 9.09. The highest BCUT2D eigenvalue weighted by atomic mass is 16.5. The van der Waals surface area contributed by atoms with Crippen LogP contribution in [-0.4, -0.2) is 48.3 Å². The van der Waals surface area contributed by atoms with E-state index in [0.29, 0.717) is 45.4 Å². The molecule has 156 valence electrons. The van der Waals surface area contributed by atoms with Crippen LogP contribution in [0.25, 0.3) is 6.08 Å². The van der Waals surface area contributed by atoms with Crippen molar-refractivity contribution in [3.05, 3.63) is 41.0 Å². The standard InChI is InChI=1S/C22H28N2O5/c1-13(19(25)14-8-9-16(23)17(11-14)24(2)3)10-15-12-18(26-4)21(28-6)22(29-7)20(15)27-5/h8-12H,23H2,1-7H3/b13-10+. The van der Waals surface area contributed by atoms with Crippen LogP contribution < -0.4 is 29.6 Å². The van der Waals surface area contributed by atoms with Crippen LogP contribution in [0.3, 0.4) is 0 Å². The van der Waals surface area contributed by atoms with Crippen LogP contribution in [0.5, 0.6) is 23.0 Å². The highest BCUT2D eigenvalue weighted by molar-refractivity contribution is 6.11. The summed E-state index contributed by atoms with van der Waals surface area (Å²) in [7, 11) is 9.86. The first-order valence-corrected chi connectivity index (χ1v) is 8.95. The number of methoxy groups -OCH3 is 4. The fourth-order valence-electron chi connectivity index (χ4n) is 3.07. The first kappa shape index (κ1) is 21.9. The van der Waals surface area contributed by atoms with Gasteiger partial charge in [0.1, 0.15) is 0 Å². The quantitative estimate of drug-likeness (QED) is 0.411. The monoisotopic (exact) mass is 400 g/mol. The number of benzene rings is 2. The number of allylic oxidation sites excluding steroid dienone is 1. The Bertz CT molecular complexity index is 935. The van der Waals surface area contributed by atoms with E-state index in [4.69, 9.17) is 24.7 Å². The van der Waals surface area contributed by atoms with Gasteiger partial charge in [-0.05, 0) is 42.8 Å². The number of hydrogen-bond donors (Lipinski definition) is 1. The van der Waals surface area contributed by atoms with E-state index in [0.717, 1.165) is 5.69 Å². The van der Waals surface area contributed by atoms with Crippen molar-refractivity contribution < 1.29 is 23.7 Å². The third-order valence-corrected chi connectivity index (χ3v) is 4.52. The minimum atomic E-state index is -0.121. The molecule has 0 radical (unpaired) electrons. The molecule has 0 heterocycles. The molecule has 0 atom stereocenters. The lowest BCUT2D eigenvalue weighted by molar-refractivity contribution is 0.103. The Morgan fingerprint density at radius 1 is 0.931 bits per heavy atom. The fraction of sp³-hybridized carbons (Fsp3) is 0.318. The summed E-state index contributed by atoms with van der Waals surface area (Å²) in [5.74, 6) is 1.61. The lowest BCUT2D eigenvalue weighted by Crippen LogP contribution is -2.12. The smallest absolute Gasteiger partial charge is 0.207 e. The minimum Gasteiger partial charge on any atom is -0.493 e. The molecule has 29 heavy (non-hydrogen) atoms. The number of ketones is 1.